The van der Waals surface area contributed by atoms with Crippen LogP contribution in [0.5, 0.6) is 0 Å². The van der Waals surface area contributed by atoms with E-state index in [4.69, 9.17) is 0 Å². The number of benzene rings is 12. The zero-order valence-corrected chi connectivity index (χ0v) is 37.4. The van der Waals surface area contributed by atoms with Crippen LogP contribution in [-0.2, 0) is 5.41 Å². The highest BCUT2D eigenvalue weighted by molar-refractivity contribution is 6.02. The van der Waals surface area contributed by atoms with Gasteiger partial charge in [-0.15, -0.1) is 0 Å². The van der Waals surface area contributed by atoms with Crippen LogP contribution in [-0.4, -0.2) is 0 Å². The number of hydrogen-bond donors (Lipinski definition) is 0. The predicted octanol–water partition coefficient (Wildman–Crippen LogP) is 18.0. The molecule has 0 spiro atoms. The van der Waals surface area contributed by atoms with Crippen LogP contribution in [0.1, 0.15) is 22.3 Å². The SMILES string of the molecule is c1ccc(C2(c3ccccc3)c3ccccc3-c3c(N(c4ccc(-c5cccc6ccccc56)cc4)c4cc(-c5ccc6ccccc6c5)ccc4-c4ccc5ccccc5c4)cccc32)cc1. The topological polar surface area (TPSA) is 3.24 Å². The van der Waals surface area contributed by atoms with Crippen molar-refractivity contribution in [2.45, 2.75) is 5.41 Å². The van der Waals surface area contributed by atoms with Crippen LogP contribution >= 0.6 is 0 Å². The predicted molar refractivity (Wildman–Crippen MR) is 287 cm³/mol. The molecule has 0 unspecified atom stereocenters. The van der Waals surface area contributed by atoms with E-state index in [2.05, 4.69) is 278 Å². The Balaban J connectivity index is 1.11. The third-order valence-electron chi connectivity index (χ3n) is 14.3. The molecule has 68 heavy (non-hydrogen) atoms. The molecule has 0 radical (unpaired) electrons. The molecule has 0 saturated carbocycles. The molecule has 12 aromatic rings. The molecule has 0 fully saturated rings. The summed E-state index contributed by atoms with van der Waals surface area (Å²) < 4.78 is 0. The van der Waals surface area contributed by atoms with Gasteiger partial charge >= 0.3 is 0 Å². The normalized spacial score (nSPS) is 12.5. The molecule has 1 heteroatoms. The van der Waals surface area contributed by atoms with E-state index in [1.165, 1.54) is 82.4 Å². The maximum atomic E-state index is 2.55. The van der Waals surface area contributed by atoms with Crippen molar-refractivity contribution in [3.8, 4) is 44.5 Å². The summed E-state index contributed by atoms with van der Waals surface area (Å²) in [6.45, 7) is 0. The minimum atomic E-state index is -0.553. The largest absolute Gasteiger partial charge is 0.309 e. The number of hydrogen-bond acceptors (Lipinski definition) is 1. The van der Waals surface area contributed by atoms with E-state index in [1.807, 2.05) is 0 Å². The molecular weight excluding hydrogens is 819 g/mol. The maximum Gasteiger partial charge on any atom is 0.0714 e. The fraction of sp³-hybridized carbons (Fsp3) is 0.0149. The Bertz CT molecular complexity index is 3800. The van der Waals surface area contributed by atoms with Crippen molar-refractivity contribution in [3.05, 3.63) is 295 Å². The second-order valence-corrected chi connectivity index (χ2v) is 18.0. The molecule has 0 atom stereocenters. The summed E-state index contributed by atoms with van der Waals surface area (Å²) in [6.07, 6.45) is 0. The summed E-state index contributed by atoms with van der Waals surface area (Å²) in [7, 11) is 0. The molecule has 1 aliphatic carbocycles. The number of anilines is 3. The van der Waals surface area contributed by atoms with Gasteiger partial charge in [-0.05, 0) is 124 Å². The van der Waals surface area contributed by atoms with Crippen LogP contribution in [0.25, 0.3) is 76.8 Å². The Kier molecular flexibility index (Phi) is 9.47. The van der Waals surface area contributed by atoms with Crippen LogP contribution in [0.3, 0.4) is 0 Å². The van der Waals surface area contributed by atoms with Crippen molar-refractivity contribution in [2.24, 2.45) is 0 Å². The fourth-order valence-corrected chi connectivity index (χ4v) is 11.2. The Morgan fingerprint density at radius 2 is 0.765 bits per heavy atom. The van der Waals surface area contributed by atoms with E-state index in [0.29, 0.717) is 0 Å². The van der Waals surface area contributed by atoms with Crippen molar-refractivity contribution < 1.29 is 0 Å². The summed E-state index contributed by atoms with van der Waals surface area (Å²) in [5, 5.41) is 7.38. The average molecular weight is 864 g/mol. The van der Waals surface area contributed by atoms with Crippen molar-refractivity contribution in [1.29, 1.82) is 0 Å². The van der Waals surface area contributed by atoms with Gasteiger partial charge in [0.1, 0.15) is 0 Å². The Morgan fingerprint density at radius 3 is 1.49 bits per heavy atom. The van der Waals surface area contributed by atoms with Gasteiger partial charge in [0.05, 0.1) is 16.8 Å². The van der Waals surface area contributed by atoms with E-state index >= 15 is 0 Å². The Labute approximate surface area is 397 Å². The van der Waals surface area contributed by atoms with Crippen molar-refractivity contribution >= 4 is 49.4 Å². The quantitative estimate of drug-likeness (QED) is 0.147. The molecule has 0 bridgehead atoms. The first-order valence-corrected chi connectivity index (χ1v) is 23.6. The first-order valence-electron chi connectivity index (χ1n) is 23.6. The van der Waals surface area contributed by atoms with Crippen molar-refractivity contribution in [1.82, 2.24) is 0 Å². The highest BCUT2D eigenvalue weighted by Crippen LogP contribution is 2.60. The lowest BCUT2D eigenvalue weighted by Gasteiger charge is -2.34. The second-order valence-electron chi connectivity index (χ2n) is 18.0. The van der Waals surface area contributed by atoms with Crippen LogP contribution in [0.2, 0.25) is 0 Å². The lowest BCUT2D eigenvalue weighted by molar-refractivity contribution is 0.768. The molecule has 1 aliphatic rings. The summed E-state index contributed by atoms with van der Waals surface area (Å²) in [6, 6.07) is 101. The van der Waals surface area contributed by atoms with E-state index in [0.717, 1.165) is 33.8 Å². The van der Waals surface area contributed by atoms with Gasteiger partial charge in [-0.1, -0.05) is 237 Å². The maximum absolute atomic E-state index is 2.55. The molecule has 0 N–H and O–H groups in total. The lowest BCUT2D eigenvalue weighted by Crippen LogP contribution is -2.28. The van der Waals surface area contributed by atoms with Gasteiger partial charge in [0.15, 0.2) is 0 Å². The monoisotopic (exact) mass is 863 g/mol. The van der Waals surface area contributed by atoms with Gasteiger partial charge in [0.25, 0.3) is 0 Å². The molecule has 0 aliphatic heterocycles. The molecule has 0 heterocycles. The van der Waals surface area contributed by atoms with Gasteiger partial charge in [0.2, 0.25) is 0 Å². The first-order chi connectivity index (χ1) is 33.7. The first kappa shape index (κ1) is 39.6. The smallest absolute Gasteiger partial charge is 0.0714 e. The van der Waals surface area contributed by atoms with Crippen LogP contribution in [0, 0.1) is 0 Å². The zero-order valence-electron chi connectivity index (χ0n) is 37.4. The lowest BCUT2D eigenvalue weighted by atomic mass is 9.68. The van der Waals surface area contributed by atoms with Crippen molar-refractivity contribution in [2.75, 3.05) is 4.90 Å². The number of rotatable bonds is 8. The summed E-state index contributed by atoms with van der Waals surface area (Å²) in [5.74, 6) is 0. The van der Waals surface area contributed by atoms with E-state index in [-0.39, 0.29) is 0 Å². The van der Waals surface area contributed by atoms with Crippen LogP contribution in [0.4, 0.5) is 17.1 Å². The standard InChI is InChI=1S/C67H45N/c1-3-23-55(24-4-1)67(56-25-5-2-6-26-56)62-30-14-13-28-61(62)66-63(67)31-16-32-64(66)68(57-40-37-49(38-41-57)59-29-15-22-48-19-11-12-27-58(48)59)65-45-53(52-35-33-46-17-7-9-20-50(46)43-52)39-42-60(65)54-36-34-47-18-8-10-21-51(47)44-54/h1-45H. The van der Waals surface area contributed by atoms with E-state index < -0.39 is 5.41 Å². The highest BCUT2D eigenvalue weighted by atomic mass is 15.1. The van der Waals surface area contributed by atoms with Gasteiger partial charge in [-0.3, -0.25) is 0 Å². The van der Waals surface area contributed by atoms with E-state index in [1.54, 1.807) is 0 Å². The summed E-state index contributed by atoms with van der Waals surface area (Å²) in [4.78, 5) is 2.55. The highest BCUT2D eigenvalue weighted by Gasteiger charge is 2.47. The van der Waals surface area contributed by atoms with Crippen LogP contribution < -0.4 is 4.90 Å². The van der Waals surface area contributed by atoms with Gasteiger partial charge in [0, 0.05) is 16.8 Å². The molecule has 13 rings (SSSR count). The molecule has 318 valence electrons. The molecule has 1 nitrogen and oxygen atoms in total. The van der Waals surface area contributed by atoms with Gasteiger partial charge < -0.3 is 4.90 Å². The third kappa shape index (κ3) is 6.39. The molecule has 0 saturated heterocycles. The number of nitrogens with zero attached hydrogens (tertiary/aromatic N) is 1. The van der Waals surface area contributed by atoms with Gasteiger partial charge in [-0.25, -0.2) is 0 Å². The third-order valence-corrected chi connectivity index (χ3v) is 14.3. The number of fused-ring (bicyclic) bond motifs is 6. The van der Waals surface area contributed by atoms with Crippen molar-refractivity contribution in [3.63, 3.8) is 0 Å². The zero-order chi connectivity index (χ0) is 45.0. The molecule has 0 amide bonds. The Morgan fingerprint density at radius 1 is 0.265 bits per heavy atom. The average Bonchev–Trinajstić information content (AvgIpc) is 3.73. The molecule has 0 aromatic heterocycles. The van der Waals surface area contributed by atoms with Gasteiger partial charge in [-0.2, -0.15) is 0 Å². The summed E-state index contributed by atoms with van der Waals surface area (Å²) >= 11 is 0. The minimum absolute atomic E-state index is 0.553. The van der Waals surface area contributed by atoms with E-state index in [9.17, 15) is 0 Å². The van der Waals surface area contributed by atoms with Crippen LogP contribution in [0.15, 0.2) is 273 Å². The minimum Gasteiger partial charge on any atom is -0.309 e. The fourth-order valence-electron chi connectivity index (χ4n) is 11.2. The second kappa shape index (κ2) is 16.3. The molecular formula is C67H45N. The summed E-state index contributed by atoms with van der Waals surface area (Å²) in [5.41, 5.74) is 17.3. The Hall–Kier alpha value is -8.78. The molecule has 12 aromatic carbocycles.